The Morgan fingerprint density at radius 2 is 1.65 bits per heavy atom. The van der Waals surface area contributed by atoms with E-state index < -0.39 is 0 Å². The minimum Gasteiger partial charge on any atom is -0.361 e. The second-order valence-corrected chi connectivity index (χ2v) is 8.64. The second-order valence-electron chi connectivity index (χ2n) is 8.64. The van der Waals surface area contributed by atoms with Crippen molar-refractivity contribution in [2.24, 2.45) is 0 Å². The first-order valence-corrected chi connectivity index (χ1v) is 11.4. The molecule has 7 nitrogen and oxygen atoms in total. The summed E-state index contributed by atoms with van der Waals surface area (Å²) in [5.41, 5.74) is 4.61. The quantitative estimate of drug-likeness (QED) is 0.506. The maximum Gasteiger partial charge on any atom is 0.257 e. The largest absolute Gasteiger partial charge is 0.361 e. The van der Waals surface area contributed by atoms with Gasteiger partial charge in [-0.1, -0.05) is 18.2 Å². The average molecular weight is 460 g/mol. The molecule has 0 saturated carbocycles. The number of H-pyrrole nitrogens is 1. The molecule has 1 fully saturated rings. The fourth-order valence-corrected chi connectivity index (χ4v) is 4.66. The standard InChI is InChI=1S/C26H26FN5O2/c1-17-25(18(2)32(29-17)21-9-7-20(27)8-10-21)26(34)31-13-11-30(12-14-31)24(33)15-19-16-28-23-6-4-3-5-22(19)23/h3-10,16,28H,11-15H2,1-2H3. The van der Waals surface area contributed by atoms with Gasteiger partial charge in [-0.2, -0.15) is 5.10 Å². The fourth-order valence-electron chi connectivity index (χ4n) is 4.66. The van der Waals surface area contributed by atoms with Gasteiger partial charge in [-0.25, -0.2) is 9.07 Å². The summed E-state index contributed by atoms with van der Waals surface area (Å²) in [6.07, 6.45) is 2.23. The molecule has 5 rings (SSSR count). The molecule has 0 spiro atoms. The van der Waals surface area contributed by atoms with Crippen LogP contribution in [0, 0.1) is 19.7 Å². The number of aryl methyl sites for hydroxylation is 1. The van der Waals surface area contributed by atoms with Gasteiger partial charge in [0.05, 0.1) is 29.1 Å². The lowest BCUT2D eigenvalue weighted by Crippen LogP contribution is -2.51. The number of amides is 2. The number of halogens is 1. The van der Waals surface area contributed by atoms with Gasteiger partial charge in [0, 0.05) is 43.3 Å². The molecule has 1 N–H and O–H groups in total. The molecule has 2 amide bonds. The lowest BCUT2D eigenvalue weighted by Gasteiger charge is -2.35. The number of nitrogens with one attached hydrogen (secondary N) is 1. The van der Waals surface area contributed by atoms with E-state index in [-0.39, 0.29) is 17.6 Å². The number of fused-ring (bicyclic) bond motifs is 1. The molecule has 2 aromatic heterocycles. The number of aromatic nitrogens is 3. The number of carbonyl (C=O) groups is 2. The number of benzene rings is 2. The Kier molecular flexibility index (Phi) is 5.65. The number of nitrogens with zero attached hydrogens (tertiary/aromatic N) is 4. The van der Waals surface area contributed by atoms with E-state index in [1.54, 1.807) is 28.6 Å². The maximum absolute atomic E-state index is 13.3. The SMILES string of the molecule is Cc1nn(-c2ccc(F)cc2)c(C)c1C(=O)N1CCN(C(=O)Cc2c[nH]c3ccccc23)CC1. The van der Waals surface area contributed by atoms with Gasteiger partial charge in [0.15, 0.2) is 0 Å². The normalized spacial score (nSPS) is 14.1. The summed E-state index contributed by atoms with van der Waals surface area (Å²) < 4.78 is 15.0. The number of piperazine rings is 1. The second kappa shape index (κ2) is 8.78. The molecule has 2 aromatic carbocycles. The monoisotopic (exact) mass is 459 g/mol. The molecule has 174 valence electrons. The van der Waals surface area contributed by atoms with Crippen molar-refractivity contribution in [3.8, 4) is 5.69 Å². The van der Waals surface area contributed by atoms with Crippen LogP contribution in [0.5, 0.6) is 0 Å². The Morgan fingerprint density at radius 3 is 2.38 bits per heavy atom. The molecule has 4 aromatic rings. The molecule has 0 atom stereocenters. The highest BCUT2D eigenvalue weighted by Crippen LogP contribution is 2.22. The molecule has 1 aliphatic rings. The fraction of sp³-hybridized carbons (Fsp3) is 0.269. The number of hydrogen-bond acceptors (Lipinski definition) is 3. The lowest BCUT2D eigenvalue weighted by atomic mass is 10.1. The third-order valence-corrected chi connectivity index (χ3v) is 6.51. The highest BCUT2D eigenvalue weighted by atomic mass is 19.1. The number of carbonyl (C=O) groups excluding carboxylic acids is 2. The molecule has 0 unspecified atom stereocenters. The van der Waals surface area contributed by atoms with Crippen LogP contribution in [0.4, 0.5) is 4.39 Å². The summed E-state index contributed by atoms with van der Waals surface area (Å²) >= 11 is 0. The van der Waals surface area contributed by atoms with Gasteiger partial charge in [0.25, 0.3) is 5.91 Å². The molecular weight excluding hydrogens is 433 g/mol. The molecule has 8 heteroatoms. The van der Waals surface area contributed by atoms with Crippen LogP contribution in [-0.4, -0.2) is 62.6 Å². The highest BCUT2D eigenvalue weighted by Gasteiger charge is 2.29. The summed E-state index contributed by atoms with van der Waals surface area (Å²) in [6.45, 7) is 5.59. The summed E-state index contributed by atoms with van der Waals surface area (Å²) in [5.74, 6) is -0.348. The molecule has 0 aliphatic carbocycles. The van der Waals surface area contributed by atoms with E-state index >= 15 is 0 Å². The van der Waals surface area contributed by atoms with E-state index in [1.165, 1.54) is 12.1 Å². The molecular formula is C26H26FN5O2. The van der Waals surface area contributed by atoms with Gasteiger partial charge in [0.2, 0.25) is 5.91 Å². The van der Waals surface area contributed by atoms with Crippen molar-refractivity contribution in [2.45, 2.75) is 20.3 Å². The molecule has 1 saturated heterocycles. The third kappa shape index (κ3) is 3.96. The first-order chi connectivity index (χ1) is 16.4. The van der Waals surface area contributed by atoms with Crippen molar-refractivity contribution in [1.29, 1.82) is 0 Å². The van der Waals surface area contributed by atoms with E-state index in [4.69, 9.17) is 0 Å². The zero-order valence-electron chi connectivity index (χ0n) is 19.2. The van der Waals surface area contributed by atoms with Crippen LogP contribution in [0.2, 0.25) is 0 Å². The van der Waals surface area contributed by atoms with E-state index in [0.717, 1.165) is 16.5 Å². The van der Waals surface area contributed by atoms with Crippen LogP contribution < -0.4 is 0 Å². The highest BCUT2D eigenvalue weighted by molar-refractivity contribution is 5.97. The minimum atomic E-state index is -0.321. The molecule has 1 aliphatic heterocycles. The van der Waals surface area contributed by atoms with Gasteiger partial charge in [-0.05, 0) is 49.7 Å². The van der Waals surface area contributed by atoms with Crippen molar-refractivity contribution >= 4 is 22.7 Å². The van der Waals surface area contributed by atoms with E-state index in [1.807, 2.05) is 42.3 Å². The van der Waals surface area contributed by atoms with Crippen molar-refractivity contribution < 1.29 is 14.0 Å². The zero-order valence-corrected chi connectivity index (χ0v) is 19.2. The molecule has 3 heterocycles. The Hall–Kier alpha value is -3.94. The smallest absolute Gasteiger partial charge is 0.257 e. The molecule has 0 bridgehead atoms. The van der Waals surface area contributed by atoms with Crippen molar-refractivity contribution in [1.82, 2.24) is 24.6 Å². The first-order valence-electron chi connectivity index (χ1n) is 11.4. The maximum atomic E-state index is 13.3. The van der Waals surface area contributed by atoms with Crippen LogP contribution >= 0.6 is 0 Å². The van der Waals surface area contributed by atoms with Crippen LogP contribution in [-0.2, 0) is 11.2 Å². The number of para-hydroxylation sites is 1. The third-order valence-electron chi connectivity index (χ3n) is 6.51. The van der Waals surface area contributed by atoms with Crippen LogP contribution in [0.25, 0.3) is 16.6 Å². The first kappa shape index (κ1) is 21.9. The van der Waals surface area contributed by atoms with Gasteiger partial charge in [-0.3, -0.25) is 9.59 Å². The van der Waals surface area contributed by atoms with Crippen LogP contribution in [0.3, 0.4) is 0 Å². The Balaban J connectivity index is 1.25. The minimum absolute atomic E-state index is 0.0633. The summed E-state index contributed by atoms with van der Waals surface area (Å²) in [6, 6.07) is 14.0. The Morgan fingerprint density at radius 1 is 0.971 bits per heavy atom. The molecule has 0 radical (unpaired) electrons. The summed E-state index contributed by atoms with van der Waals surface area (Å²) in [4.78, 5) is 33.1. The summed E-state index contributed by atoms with van der Waals surface area (Å²) in [5, 5.41) is 5.58. The van der Waals surface area contributed by atoms with Crippen molar-refractivity contribution in [3.05, 3.63) is 83.1 Å². The number of hydrogen-bond donors (Lipinski definition) is 1. The predicted molar refractivity (Wildman–Crippen MR) is 127 cm³/mol. The van der Waals surface area contributed by atoms with E-state index in [9.17, 15) is 14.0 Å². The summed E-state index contributed by atoms with van der Waals surface area (Å²) in [7, 11) is 0. The number of aromatic amines is 1. The van der Waals surface area contributed by atoms with Gasteiger partial charge in [0.1, 0.15) is 5.82 Å². The van der Waals surface area contributed by atoms with E-state index in [0.29, 0.717) is 55.2 Å². The lowest BCUT2D eigenvalue weighted by molar-refractivity contribution is -0.131. The van der Waals surface area contributed by atoms with Crippen LogP contribution in [0.15, 0.2) is 54.7 Å². The topological polar surface area (TPSA) is 74.2 Å². The number of rotatable bonds is 4. The molecule has 34 heavy (non-hydrogen) atoms. The Bertz CT molecular complexity index is 1360. The predicted octanol–water partition coefficient (Wildman–Crippen LogP) is 3.64. The Labute approximate surface area is 196 Å². The van der Waals surface area contributed by atoms with Crippen molar-refractivity contribution in [3.63, 3.8) is 0 Å². The zero-order chi connectivity index (χ0) is 23.8. The van der Waals surface area contributed by atoms with Gasteiger partial charge in [-0.15, -0.1) is 0 Å². The van der Waals surface area contributed by atoms with Gasteiger partial charge >= 0.3 is 0 Å². The van der Waals surface area contributed by atoms with Crippen molar-refractivity contribution in [2.75, 3.05) is 26.2 Å². The van der Waals surface area contributed by atoms with Gasteiger partial charge < -0.3 is 14.8 Å². The van der Waals surface area contributed by atoms with Crippen LogP contribution in [0.1, 0.15) is 27.3 Å². The van der Waals surface area contributed by atoms with E-state index in [2.05, 4.69) is 10.1 Å². The average Bonchev–Trinajstić information content (AvgIpc) is 3.39.